The minimum atomic E-state index is -0.544. The van der Waals surface area contributed by atoms with Gasteiger partial charge in [-0.25, -0.2) is 24.4 Å². The van der Waals surface area contributed by atoms with Gasteiger partial charge in [0, 0.05) is 43.6 Å². The van der Waals surface area contributed by atoms with Crippen molar-refractivity contribution >= 4 is 40.4 Å². The zero-order valence-corrected chi connectivity index (χ0v) is 25.1. The summed E-state index contributed by atoms with van der Waals surface area (Å²) in [5.41, 5.74) is 8.30. The normalized spacial score (nSPS) is 15.0. The predicted molar refractivity (Wildman–Crippen MR) is 163 cm³/mol. The Kier molecular flexibility index (Phi) is 7.81. The molecule has 0 radical (unpaired) electrons. The Morgan fingerprint density at radius 2 is 1.86 bits per heavy atom. The standard InChI is InChI=1S/C30H39N9O3/c1-29(2,3)42-28(40)35-30(4)12-15-38(16-13-30)24-18-33-25-26(34-24)39(19-20-7-9-22(41-6)10-8-20)36-27(25)37(5)21-11-14-32-23(31)17-21/h7-11,14,17-18H,12-13,15-16,19H2,1-6H3,(H2,31,32)(H,35,40). The van der Waals surface area contributed by atoms with Crippen molar-refractivity contribution in [3.05, 3.63) is 54.4 Å². The highest BCUT2D eigenvalue weighted by atomic mass is 16.6. The van der Waals surface area contributed by atoms with Crippen LogP contribution < -0.4 is 25.6 Å². The number of anilines is 4. The minimum absolute atomic E-state index is 0.366. The maximum absolute atomic E-state index is 12.4. The molecule has 3 aromatic heterocycles. The van der Waals surface area contributed by atoms with Crippen molar-refractivity contribution in [1.29, 1.82) is 0 Å². The summed E-state index contributed by atoms with van der Waals surface area (Å²) in [5.74, 6) is 2.64. The van der Waals surface area contributed by atoms with E-state index in [0.29, 0.717) is 42.4 Å². The summed E-state index contributed by atoms with van der Waals surface area (Å²) in [6.07, 6.45) is 4.56. The molecule has 1 aliphatic heterocycles. The van der Waals surface area contributed by atoms with E-state index in [1.807, 2.05) is 67.7 Å². The molecule has 12 heteroatoms. The molecular formula is C30H39N9O3. The smallest absolute Gasteiger partial charge is 0.408 e. The first-order chi connectivity index (χ1) is 19.9. The van der Waals surface area contributed by atoms with Crippen molar-refractivity contribution in [2.75, 3.05) is 42.8 Å². The van der Waals surface area contributed by atoms with Crippen LogP contribution in [0.5, 0.6) is 5.75 Å². The number of nitrogen functional groups attached to an aromatic ring is 1. The second kappa shape index (κ2) is 11.3. The number of carbonyl (C=O) groups is 1. The van der Waals surface area contributed by atoms with Gasteiger partial charge in [-0.1, -0.05) is 12.1 Å². The van der Waals surface area contributed by atoms with E-state index in [1.165, 1.54) is 0 Å². The highest BCUT2D eigenvalue weighted by Crippen LogP contribution is 2.32. The first-order valence-corrected chi connectivity index (χ1v) is 14.0. The average Bonchev–Trinajstić information content (AvgIpc) is 3.29. The second-order valence-electron chi connectivity index (χ2n) is 11.9. The number of pyridine rings is 1. The number of hydrogen-bond acceptors (Lipinski definition) is 10. The van der Waals surface area contributed by atoms with E-state index in [-0.39, 0.29) is 5.54 Å². The van der Waals surface area contributed by atoms with Crippen LogP contribution in [0.25, 0.3) is 11.2 Å². The molecule has 1 fully saturated rings. The fourth-order valence-corrected chi connectivity index (χ4v) is 4.98. The molecule has 0 atom stereocenters. The molecule has 0 aliphatic carbocycles. The van der Waals surface area contributed by atoms with E-state index in [9.17, 15) is 4.79 Å². The lowest BCUT2D eigenvalue weighted by Gasteiger charge is -2.40. The highest BCUT2D eigenvalue weighted by Gasteiger charge is 2.34. The van der Waals surface area contributed by atoms with E-state index >= 15 is 0 Å². The number of piperidine rings is 1. The number of methoxy groups -OCH3 is 1. The SMILES string of the molecule is COc1ccc(Cn2nc(N(C)c3ccnc(N)c3)c3ncc(N4CCC(C)(NC(=O)OC(C)(C)C)CC4)nc32)cc1. The minimum Gasteiger partial charge on any atom is -0.497 e. The molecule has 1 aromatic carbocycles. The number of ether oxygens (including phenoxy) is 2. The fraction of sp³-hybridized carbons (Fsp3) is 0.433. The monoisotopic (exact) mass is 573 g/mol. The van der Waals surface area contributed by atoms with Gasteiger partial charge in [-0.05, 0) is 64.3 Å². The Bertz CT molecular complexity index is 1550. The van der Waals surface area contributed by atoms with Gasteiger partial charge >= 0.3 is 6.09 Å². The number of alkyl carbamates (subject to hydrolysis) is 1. The Morgan fingerprint density at radius 1 is 1.14 bits per heavy atom. The van der Waals surface area contributed by atoms with Crippen molar-refractivity contribution < 1.29 is 14.3 Å². The van der Waals surface area contributed by atoms with Crippen LogP contribution in [0.3, 0.4) is 0 Å². The number of rotatable bonds is 7. The topological polar surface area (TPSA) is 137 Å². The maximum Gasteiger partial charge on any atom is 0.408 e. The number of nitrogens with zero attached hydrogens (tertiary/aromatic N) is 7. The first-order valence-electron chi connectivity index (χ1n) is 14.0. The first kappa shape index (κ1) is 28.9. The summed E-state index contributed by atoms with van der Waals surface area (Å²) in [6, 6.07) is 11.6. The molecule has 12 nitrogen and oxygen atoms in total. The van der Waals surface area contributed by atoms with Crippen LogP contribution in [0.2, 0.25) is 0 Å². The number of nitrogens with one attached hydrogen (secondary N) is 1. The third-order valence-corrected chi connectivity index (χ3v) is 7.37. The van der Waals surface area contributed by atoms with Gasteiger partial charge in [-0.2, -0.15) is 5.10 Å². The van der Waals surface area contributed by atoms with E-state index < -0.39 is 11.7 Å². The molecule has 4 aromatic rings. The maximum atomic E-state index is 12.4. The number of amides is 1. The molecule has 1 aliphatic rings. The van der Waals surface area contributed by atoms with Crippen LogP contribution in [0.1, 0.15) is 46.1 Å². The molecule has 3 N–H and O–H groups in total. The quantitative estimate of drug-likeness (QED) is 0.325. The van der Waals surface area contributed by atoms with Crippen molar-refractivity contribution in [3.8, 4) is 5.75 Å². The zero-order chi connectivity index (χ0) is 30.1. The molecule has 1 saturated heterocycles. The summed E-state index contributed by atoms with van der Waals surface area (Å²) in [5, 5.41) is 8.02. The Labute approximate surface area is 245 Å². The average molecular weight is 574 g/mol. The lowest BCUT2D eigenvalue weighted by molar-refractivity contribution is 0.0448. The van der Waals surface area contributed by atoms with Crippen LogP contribution in [-0.2, 0) is 11.3 Å². The lowest BCUT2D eigenvalue weighted by Crippen LogP contribution is -2.54. The van der Waals surface area contributed by atoms with Gasteiger partial charge in [-0.15, -0.1) is 0 Å². The molecule has 0 saturated carbocycles. The number of hydrogen-bond donors (Lipinski definition) is 2. The predicted octanol–water partition coefficient (Wildman–Crippen LogP) is 4.51. The molecule has 1 amide bonds. The van der Waals surface area contributed by atoms with E-state index in [2.05, 4.69) is 22.1 Å². The summed E-state index contributed by atoms with van der Waals surface area (Å²) >= 11 is 0. The number of aromatic nitrogens is 5. The Balaban J connectivity index is 1.42. The van der Waals surface area contributed by atoms with Crippen LogP contribution in [0.15, 0.2) is 48.8 Å². The molecule has 0 bridgehead atoms. The van der Waals surface area contributed by atoms with E-state index in [1.54, 1.807) is 25.6 Å². The van der Waals surface area contributed by atoms with Gasteiger partial charge in [0.2, 0.25) is 0 Å². The number of benzene rings is 1. The van der Waals surface area contributed by atoms with E-state index in [4.69, 9.17) is 30.3 Å². The fourth-order valence-electron chi connectivity index (χ4n) is 4.98. The Hall–Kier alpha value is -4.61. The molecule has 0 unspecified atom stereocenters. The van der Waals surface area contributed by atoms with Gasteiger partial charge in [-0.3, -0.25) is 0 Å². The lowest BCUT2D eigenvalue weighted by atomic mass is 9.90. The zero-order valence-electron chi connectivity index (χ0n) is 25.1. The van der Waals surface area contributed by atoms with Crippen LogP contribution >= 0.6 is 0 Å². The largest absolute Gasteiger partial charge is 0.497 e. The van der Waals surface area contributed by atoms with Gasteiger partial charge in [0.15, 0.2) is 17.0 Å². The molecular weight excluding hydrogens is 534 g/mol. The molecule has 5 rings (SSSR count). The second-order valence-corrected chi connectivity index (χ2v) is 11.9. The summed E-state index contributed by atoms with van der Waals surface area (Å²) in [6.45, 7) is 9.57. The molecule has 0 spiro atoms. The number of carbonyl (C=O) groups excluding carboxylic acids is 1. The van der Waals surface area contributed by atoms with Crippen LogP contribution in [-0.4, -0.2) is 69.2 Å². The van der Waals surface area contributed by atoms with Crippen molar-refractivity contribution in [2.45, 2.75) is 58.2 Å². The number of nitrogens with two attached hydrogens (primary N) is 1. The van der Waals surface area contributed by atoms with Crippen LogP contribution in [0, 0.1) is 0 Å². The summed E-state index contributed by atoms with van der Waals surface area (Å²) in [4.78, 5) is 30.6. The highest BCUT2D eigenvalue weighted by molar-refractivity contribution is 5.87. The Morgan fingerprint density at radius 3 is 2.50 bits per heavy atom. The third-order valence-electron chi connectivity index (χ3n) is 7.37. The molecule has 222 valence electrons. The van der Waals surface area contributed by atoms with E-state index in [0.717, 1.165) is 35.7 Å². The molecule has 42 heavy (non-hydrogen) atoms. The van der Waals surface area contributed by atoms with Crippen molar-refractivity contribution in [3.63, 3.8) is 0 Å². The third kappa shape index (κ3) is 6.48. The van der Waals surface area contributed by atoms with Gasteiger partial charge in [0.25, 0.3) is 0 Å². The van der Waals surface area contributed by atoms with Crippen molar-refractivity contribution in [1.82, 2.24) is 30.0 Å². The summed E-state index contributed by atoms with van der Waals surface area (Å²) in [7, 11) is 3.57. The summed E-state index contributed by atoms with van der Waals surface area (Å²) < 4.78 is 12.7. The number of fused-ring (bicyclic) bond motifs is 1. The van der Waals surface area contributed by atoms with Crippen molar-refractivity contribution in [2.24, 2.45) is 0 Å². The van der Waals surface area contributed by atoms with Gasteiger partial charge in [0.05, 0.1) is 19.9 Å². The van der Waals surface area contributed by atoms with Crippen LogP contribution in [0.4, 0.5) is 27.9 Å². The van der Waals surface area contributed by atoms with Gasteiger partial charge in [0.1, 0.15) is 23.0 Å². The molecule has 4 heterocycles. The van der Waals surface area contributed by atoms with Gasteiger partial charge < -0.3 is 30.3 Å².